The van der Waals surface area contributed by atoms with E-state index in [1.54, 1.807) is 13.0 Å². The number of carbonyl (C=O) groups excluding carboxylic acids is 1. The van der Waals surface area contributed by atoms with Gasteiger partial charge >= 0.3 is 0 Å². The molecule has 0 saturated carbocycles. The molecule has 0 aliphatic heterocycles. The smallest absolute Gasteiger partial charge is 0.293 e. The fourth-order valence-corrected chi connectivity index (χ4v) is 2.72. The second-order valence-corrected chi connectivity index (χ2v) is 6.28. The summed E-state index contributed by atoms with van der Waals surface area (Å²) in [5, 5.41) is 11.2. The van der Waals surface area contributed by atoms with E-state index in [2.05, 4.69) is 32.1 Å². The van der Waals surface area contributed by atoms with Crippen LogP contribution >= 0.6 is 0 Å². The molecular weight excluding hydrogens is 362 g/mol. The minimum absolute atomic E-state index is 0.0415. The van der Waals surface area contributed by atoms with Crippen LogP contribution in [0.4, 0.5) is 5.82 Å². The lowest BCUT2D eigenvalue weighted by molar-refractivity contribution is -0.119. The molecule has 1 unspecified atom stereocenters. The number of nitrogens with zero attached hydrogens (tertiary/aromatic N) is 6. The number of carbonyl (C=O) groups is 1. The van der Waals surface area contributed by atoms with Crippen LogP contribution in [0, 0.1) is 0 Å². The highest BCUT2D eigenvalue weighted by Crippen LogP contribution is 2.20. The highest BCUT2D eigenvalue weighted by atomic mass is 16.5. The monoisotopic (exact) mass is 383 g/mol. The summed E-state index contributed by atoms with van der Waals surface area (Å²) in [6.45, 7) is 9.73. The van der Waals surface area contributed by atoms with E-state index in [0.29, 0.717) is 11.3 Å². The Morgan fingerprint density at radius 3 is 2.75 bits per heavy atom. The van der Waals surface area contributed by atoms with Gasteiger partial charge in [-0.2, -0.15) is 10.2 Å². The summed E-state index contributed by atoms with van der Waals surface area (Å²) in [5.41, 5.74) is -0.173. The lowest BCUT2D eigenvalue weighted by Gasteiger charge is -2.21. The number of hydrogen-bond acceptors (Lipinski definition) is 7. The van der Waals surface area contributed by atoms with Gasteiger partial charge in [0.2, 0.25) is 0 Å². The first-order chi connectivity index (χ1) is 13.4. The average Bonchev–Trinajstić information content (AvgIpc) is 3.15. The summed E-state index contributed by atoms with van der Waals surface area (Å²) in [5.74, 6) is 0.327. The minimum atomic E-state index is -1.18. The standard InChI is InChI=1S/C18H21N7O3/c1-5-28-12(4)15(17(26)22-14-7-8-19-10-20-14)25-18(27)13-6-9-21-24(13)16(23-25)11(2)3/h6-11,15H,4-5H2,1-3H3,(H,19,20,22,26). The van der Waals surface area contributed by atoms with E-state index < -0.39 is 17.5 Å². The maximum absolute atomic E-state index is 13.0. The van der Waals surface area contributed by atoms with Crippen LogP contribution in [0.1, 0.15) is 38.6 Å². The number of rotatable bonds is 7. The Bertz CT molecular complexity index is 1060. The van der Waals surface area contributed by atoms with Crippen molar-refractivity contribution >= 4 is 17.2 Å². The molecule has 3 heterocycles. The van der Waals surface area contributed by atoms with E-state index in [4.69, 9.17) is 4.74 Å². The zero-order chi connectivity index (χ0) is 20.3. The number of aromatic nitrogens is 6. The summed E-state index contributed by atoms with van der Waals surface area (Å²) < 4.78 is 8.02. The molecular formula is C18H21N7O3. The first kappa shape index (κ1) is 19.2. The van der Waals surface area contributed by atoms with Crippen LogP contribution in [-0.4, -0.2) is 41.9 Å². The fraction of sp³-hybridized carbons (Fsp3) is 0.333. The molecule has 0 saturated heterocycles. The SMILES string of the molecule is C=C(OCC)C(C(=O)Nc1ccncn1)n1nc(C(C)C)n2nccc2c1=O. The molecule has 3 aromatic rings. The molecule has 0 aliphatic carbocycles. The van der Waals surface area contributed by atoms with Gasteiger partial charge in [-0.15, -0.1) is 0 Å². The van der Waals surface area contributed by atoms with Gasteiger partial charge in [0, 0.05) is 12.1 Å². The van der Waals surface area contributed by atoms with E-state index >= 15 is 0 Å². The predicted octanol–water partition coefficient (Wildman–Crippen LogP) is 1.53. The molecule has 3 aromatic heterocycles. The molecule has 1 N–H and O–H groups in total. The van der Waals surface area contributed by atoms with Gasteiger partial charge in [-0.25, -0.2) is 19.2 Å². The van der Waals surface area contributed by atoms with Crippen molar-refractivity contribution in [1.82, 2.24) is 29.4 Å². The highest BCUT2D eigenvalue weighted by Gasteiger charge is 2.30. The Morgan fingerprint density at radius 1 is 1.32 bits per heavy atom. The third kappa shape index (κ3) is 3.61. The molecule has 0 fully saturated rings. The van der Waals surface area contributed by atoms with Crippen molar-refractivity contribution in [3.05, 3.63) is 59.4 Å². The van der Waals surface area contributed by atoms with E-state index in [1.165, 1.54) is 29.3 Å². The van der Waals surface area contributed by atoms with Gasteiger partial charge in [0.05, 0.1) is 12.8 Å². The third-order valence-corrected chi connectivity index (χ3v) is 3.97. The van der Waals surface area contributed by atoms with Gasteiger partial charge in [0.1, 0.15) is 23.4 Å². The maximum atomic E-state index is 13.0. The van der Waals surface area contributed by atoms with Crippen molar-refractivity contribution in [3.63, 3.8) is 0 Å². The Morgan fingerprint density at radius 2 is 2.11 bits per heavy atom. The van der Waals surface area contributed by atoms with E-state index in [-0.39, 0.29) is 24.1 Å². The lowest BCUT2D eigenvalue weighted by atomic mass is 10.2. The van der Waals surface area contributed by atoms with Crippen molar-refractivity contribution in [3.8, 4) is 0 Å². The van der Waals surface area contributed by atoms with E-state index in [1.807, 2.05) is 13.8 Å². The maximum Gasteiger partial charge on any atom is 0.293 e. The van der Waals surface area contributed by atoms with Crippen molar-refractivity contribution in [2.24, 2.45) is 0 Å². The average molecular weight is 383 g/mol. The topological polar surface area (TPSA) is 116 Å². The molecule has 0 aromatic carbocycles. The zero-order valence-corrected chi connectivity index (χ0v) is 15.9. The summed E-state index contributed by atoms with van der Waals surface area (Å²) in [6, 6.07) is 1.93. The Labute approximate surface area is 160 Å². The first-order valence-corrected chi connectivity index (χ1v) is 8.79. The largest absolute Gasteiger partial charge is 0.496 e. The van der Waals surface area contributed by atoms with Gasteiger partial charge in [0.15, 0.2) is 11.9 Å². The van der Waals surface area contributed by atoms with Crippen LogP contribution in [0.15, 0.2) is 48.0 Å². The molecule has 0 aliphatic rings. The highest BCUT2D eigenvalue weighted by molar-refractivity contribution is 5.94. The predicted molar refractivity (Wildman–Crippen MR) is 102 cm³/mol. The van der Waals surface area contributed by atoms with Crippen molar-refractivity contribution in [2.45, 2.75) is 32.7 Å². The molecule has 3 rings (SSSR count). The lowest BCUT2D eigenvalue weighted by Crippen LogP contribution is -2.38. The van der Waals surface area contributed by atoms with Crippen LogP contribution in [0.5, 0.6) is 0 Å². The molecule has 146 valence electrons. The second-order valence-electron chi connectivity index (χ2n) is 6.28. The number of fused-ring (bicyclic) bond motifs is 1. The number of hydrogen-bond donors (Lipinski definition) is 1. The molecule has 10 heteroatoms. The van der Waals surface area contributed by atoms with Crippen molar-refractivity contribution in [1.29, 1.82) is 0 Å². The van der Waals surface area contributed by atoms with Crippen LogP contribution < -0.4 is 10.9 Å². The second kappa shape index (κ2) is 7.99. The van der Waals surface area contributed by atoms with Crippen LogP contribution in [0.25, 0.3) is 5.52 Å². The summed E-state index contributed by atoms with van der Waals surface area (Å²) >= 11 is 0. The quantitative estimate of drug-likeness (QED) is 0.615. The Hall–Kier alpha value is -3.56. The summed E-state index contributed by atoms with van der Waals surface area (Å²) in [7, 11) is 0. The van der Waals surface area contributed by atoms with Crippen molar-refractivity contribution < 1.29 is 9.53 Å². The van der Waals surface area contributed by atoms with Crippen LogP contribution in [0.3, 0.4) is 0 Å². The fourth-order valence-electron chi connectivity index (χ4n) is 2.72. The summed E-state index contributed by atoms with van der Waals surface area (Å²) in [4.78, 5) is 33.8. The molecule has 10 nitrogen and oxygen atoms in total. The van der Waals surface area contributed by atoms with Gasteiger partial charge in [0.25, 0.3) is 11.5 Å². The number of nitrogens with one attached hydrogen (secondary N) is 1. The molecule has 1 amide bonds. The van der Waals surface area contributed by atoms with E-state index in [9.17, 15) is 9.59 Å². The van der Waals surface area contributed by atoms with Gasteiger partial charge in [-0.1, -0.05) is 20.4 Å². The normalized spacial score (nSPS) is 12.1. The van der Waals surface area contributed by atoms with Gasteiger partial charge < -0.3 is 10.1 Å². The molecule has 0 bridgehead atoms. The van der Waals surface area contributed by atoms with Crippen LogP contribution in [0.2, 0.25) is 0 Å². The zero-order valence-electron chi connectivity index (χ0n) is 15.9. The summed E-state index contributed by atoms with van der Waals surface area (Å²) in [6.07, 6.45) is 4.32. The number of amides is 1. The van der Waals surface area contributed by atoms with Gasteiger partial charge in [-0.05, 0) is 19.1 Å². The molecule has 28 heavy (non-hydrogen) atoms. The molecule has 1 atom stereocenters. The number of ether oxygens (including phenoxy) is 1. The van der Waals surface area contributed by atoms with E-state index in [0.717, 1.165) is 4.68 Å². The molecule has 0 radical (unpaired) electrons. The van der Waals surface area contributed by atoms with Crippen molar-refractivity contribution in [2.75, 3.05) is 11.9 Å². The third-order valence-electron chi connectivity index (χ3n) is 3.97. The molecule has 0 spiro atoms. The van der Waals surface area contributed by atoms with Gasteiger partial charge in [-0.3, -0.25) is 9.59 Å². The first-order valence-electron chi connectivity index (χ1n) is 8.79. The number of anilines is 1. The minimum Gasteiger partial charge on any atom is -0.496 e. The Balaban J connectivity index is 2.12. The Kier molecular flexibility index (Phi) is 5.48. The van der Waals surface area contributed by atoms with Crippen LogP contribution in [-0.2, 0) is 9.53 Å².